The van der Waals surface area contributed by atoms with Gasteiger partial charge in [-0.1, -0.05) is 96.6 Å². The van der Waals surface area contributed by atoms with Crippen molar-refractivity contribution < 1.29 is 28.8 Å². The molecule has 3 unspecified atom stereocenters. The van der Waals surface area contributed by atoms with Gasteiger partial charge in [-0.15, -0.1) is 11.3 Å². The summed E-state index contributed by atoms with van der Waals surface area (Å²) in [6, 6.07) is 8.12. The van der Waals surface area contributed by atoms with E-state index in [0.29, 0.717) is 43.5 Å². The second-order valence-electron chi connectivity index (χ2n) is 15.6. The van der Waals surface area contributed by atoms with Crippen molar-refractivity contribution in [3.63, 3.8) is 0 Å². The van der Waals surface area contributed by atoms with Gasteiger partial charge in [0.05, 0.1) is 10.9 Å². The van der Waals surface area contributed by atoms with Gasteiger partial charge in [-0.25, -0.2) is 0 Å². The lowest BCUT2D eigenvalue weighted by Crippen LogP contribution is -2.61. The monoisotopic (exact) mass is 789 g/mol. The second-order valence-corrected chi connectivity index (χ2v) is 16.6. The zero-order chi connectivity index (χ0) is 40.2. The van der Waals surface area contributed by atoms with Crippen LogP contribution in [0.5, 0.6) is 0 Å². The molecule has 0 bridgehead atoms. The third kappa shape index (κ3) is 10.9. The van der Waals surface area contributed by atoms with E-state index in [0.717, 1.165) is 75.3 Å². The van der Waals surface area contributed by atoms with Crippen molar-refractivity contribution in [2.45, 2.75) is 154 Å². The van der Waals surface area contributed by atoms with Gasteiger partial charge in [-0.3, -0.25) is 28.8 Å². The second kappa shape index (κ2) is 20.9. The standard InChI is InChI=1S/C40H51N5O6S.2C2H6/c46-35(39(50)41-29-17-18-29)30(21-24-9-6-10-24)42-36(47)31-15-7-19-45(31)40(51)34(28-22-26-13-4-5-14-27(26)23-28)44-38(49)33(25-11-2-1-3-12-25)43-37(48)32-16-8-20-52-32;2*1-2/h4-5,8,13-14,16,20,24-25,28-31,33-34H,1-3,6-7,9-12,15,17-19,21-23H2,(H,41,50)(H,42,47)(H,43,48)(H,44,49);2*1-2H3/t30?,31?,33?,34-;;/m0../s1. The fourth-order valence-electron chi connectivity index (χ4n) is 8.62. The minimum atomic E-state index is -0.947. The minimum Gasteiger partial charge on any atom is -0.347 e. The molecule has 0 radical (unpaired) electrons. The van der Waals surface area contributed by atoms with E-state index in [-0.39, 0.29) is 41.5 Å². The normalized spacial score (nSPS) is 21.0. The Hall–Kier alpha value is -4.06. The van der Waals surface area contributed by atoms with Crippen molar-refractivity contribution in [3.05, 3.63) is 57.8 Å². The largest absolute Gasteiger partial charge is 0.347 e. The smallest absolute Gasteiger partial charge is 0.289 e. The highest BCUT2D eigenvalue weighted by atomic mass is 32.1. The minimum absolute atomic E-state index is 0.0232. The van der Waals surface area contributed by atoms with E-state index in [1.165, 1.54) is 11.3 Å². The van der Waals surface area contributed by atoms with Gasteiger partial charge in [0.25, 0.3) is 11.8 Å². The molecule has 4 N–H and O–H groups in total. The predicted octanol–water partition coefficient (Wildman–Crippen LogP) is 5.89. The molecule has 4 aliphatic carbocycles. The molecule has 1 aromatic carbocycles. The molecule has 11 nitrogen and oxygen atoms in total. The van der Waals surface area contributed by atoms with E-state index in [2.05, 4.69) is 33.4 Å². The molecule has 12 heteroatoms. The van der Waals surface area contributed by atoms with Gasteiger partial charge in [0, 0.05) is 12.6 Å². The molecule has 1 saturated heterocycles. The average Bonchev–Trinajstić information content (AvgIpc) is 3.59. The fourth-order valence-corrected chi connectivity index (χ4v) is 9.25. The van der Waals surface area contributed by atoms with E-state index < -0.39 is 41.8 Å². The number of hydrogen-bond donors (Lipinski definition) is 4. The molecule has 5 amide bonds. The lowest BCUT2D eigenvalue weighted by Gasteiger charge is -2.35. The lowest BCUT2D eigenvalue weighted by molar-refractivity contribution is -0.144. The third-order valence-corrected chi connectivity index (χ3v) is 12.8. The maximum absolute atomic E-state index is 14.7. The Bertz CT molecular complexity index is 1630. The number of carbonyl (C=O) groups excluding carboxylic acids is 6. The van der Waals surface area contributed by atoms with Crippen LogP contribution in [0.3, 0.4) is 0 Å². The molecule has 306 valence electrons. The number of amides is 5. The van der Waals surface area contributed by atoms with Crippen LogP contribution in [-0.2, 0) is 36.8 Å². The Labute approximate surface area is 336 Å². The van der Waals surface area contributed by atoms with Crippen LogP contribution in [-0.4, -0.2) is 77.0 Å². The Morgan fingerprint density at radius 3 is 1.98 bits per heavy atom. The van der Waals surface area contributed by atoms with E-state index >= 15 is 0 Å². The van der Waals surface area contributed by atoms with Crippen LogP contribution in [0.15, 0.2) is 41.8 Å². The van der Waals surface area contributed by atoms with Crippen LogP contribution < -0.4 is 21.3 Å². The first kappa shape index (κ1) is 43.1. The molecule has 56 heavy (non-hydrogen) atoms. The SMILES string of the molecule is CC.CC.O=C(NC1CC1)C(=O)C(CC1CCC1)NC(=O)C1CCCN1C(=O)[C@@H](NC(=O)C(NC(=O)c1cccs1)C1CCCCC1)C1Cc2ccccc2C1. The van der Waals surface area contributed by atoms with Crippen LogP contribution >= 0.6 is 11.3 Å². The Balaban J connectivity index is 0.00000145. The molecular formula is C44H63N5O6S. The van der Waals surface area contributed by atoms with Gasteiger partial charge < -0.3 is 26.2 Å². The highest BCUT2D eigenvalue weighted by molar-refractivity contribution is 7.12. The molecule has 1 aliphatic heterocycles. The number of nitrogens with zero attached hydrogens (tertiary/aromatic N) is 1. The number of carbonyl (C=O) groups is 6. The molecule has 3 saturated carbocycles. The van der Waals surface area contributed by atoms with Gasteiger partial charge in [0.1, 0.15) is 18.1 Å². The molecular weight excluding hydrogens is 727 g/mol. The number of nitrogens with one attached hydrogen (secondary N) is 4. The van der Waals surface area contributed by atoms with Gasteiger partial charge in [-0.2, -0.15) is 0 Å². The number of rotatable bonds is 14. The van der Waals surface area contributed by atoms with Crippen molar-refractivity contribution in [2.24, 2.45) is 17.8 Å². The summed E-state index contributed by atoms with van der Waals surface area (Å²) in [5.74, 6) is -2.76. The Morgan fingerprint density at radius 2 is 1.39 bits per heavy atom. The fraction of sp³-hybridized carbons (Fsp3) is 0.636. The number of hydrogen-bond acceptors (Lipinski definition) is 7. The summed E-state index contributed by atoms with van der Waals surface area (Å²) < 4.78 is 0. The average molecular weight is 790 g/mol. The van der Waals surface area contributed by atoms with E-state index in [1.54, 1.807) is 17.0 Å². The predicted molar refractivity (Wildman–Crippen MR) is 219 cm³/mol. The summed E-state index contributed by atoms with van der Waals surface area (Å²) in [6.07, 6.45) is 12.0. The molecule has 4 fully saturated rings. The van der Waals surface area contributed by atoms with Crippen LogP contribution in [0, 0.1) is 17.8 Å². The quantitative estimate of drug-likeness (QED) is 0.175. The summed E-state index contributed by atoms with van der Waals surface area (Å²) >= 11 is 1.32. The lowest BCUT2D eigenvalue weighted by atomic mass is 9.80. The number of fused-ring (bicyclic) bond motifs is 1. The van der Waals surface area contributed by atoms with Crippen LogP contribution in [0.25, 0.3) is 0 Å². The first-order chi connectivity index (χ1) is 27.2. The number of thiophene rings is 1. The van der Waals surface area contributed by atoms with Gasteiger partial charge in [0.15, 0.2) is 0 Å². The van der Waals surface area contributed by atoms with Crippen LogP contribution in [0.2, 0.25) is 0 Å². The van der Waals surface area contributed by atoms with E-state index in [4.69, 9.17) is 0 Å². The van der Waals surface area contributed by atoms with Crippen LogP contribution in [0.4, 0.5) is 0 Å². The zero-order valence-electron chi connectivity index (χ0n) is 33.8. The van der Waals surface area contributed by atoms with Crippen LogP contribution in [0.1, 0.15) is 132 Å². The number of likely N-dealkylation sites (tertiary alicyclic amines) is 1. The van der Waals surface area contributed by atoms with Gasteiger partial charge in [-0.05, 0) is 98.1 Å². The summed E-state index contributed by atoms with van der Waals surface area (Å²) in [7, 11) is 0. The zero-order valence-corrected chi connectivity index (χ0v) is 34.6. The number of Topliss-reactive ketones (excluding diaryl/α,β-unsaturated/α-hetero) is 1. The Kier molecular flexibility index (Phi) is 16.1. The molecule has 2 heterocycles. The highest BCUT2D eigenvalue weighted by Gasteiger charge is 2.45. The Morgan fingerprint density at radius 1 is 0.714 bits per heavy atom. The van der Waals surface area contributed by atoms with Crippen molar-refractivity contribution in [1.82, 2.24) is 26.2 Å². The first-order valence-corrected chi connectivity index (χ1v) is 22.3. The summed E-state index contributed by atoms with van der Waals surface area (Å²) in [4.78, 5) is 84.6. The maximum Gasteiger partial charge on any atom is 0.289 e. The summed E-state index contributed by atoms with van der Waals surface area (Å²) in [5.41, 5.74) is 2.26. The van der Waals surface area contributed by atoms with Crippen molar-refractivity contribution >= 4 is 46.7 Å². The topological polar surface area (TPSA) is 154 Å². The molecule has 0 spiro atoms. The van der Waals surface area contributed by atoms with Crippen molar-refractivity contribution in [3.8, 4) is 0 Å². The molecule has 2 aromatic rings. The molecule has 5 aliphatic rings. The summed E-state index contributed by atoms with van der Waals surface area (Å²) in [6.45, 7) is 8.34. The molecule has 7 rings (SSSR count). The number of ketones is 1. The molecule has 4 atom stereocenters. The van der Waals surface area contributed by atoms with E-state index in [1.807, 2.05) is 45.2 Å². The van der Waals surface area contributed by atoms with Crippen molar-refractivity contribution in [2.75, 3.05) is 6.54 Å². The first-order valence-electron chi connectivity index (χ1n) is 21.4. The summed E-state index contributed by atoms with van der Waals surface area (Å²) in [5, 5.41) is 13.7. The number of benzene rings is 1. The van der Waals surface area contributed by atoms with E-state index in [9.17, 15) is 28.8 Å². The highest BCUT2D eigenvalue weighted by Crippen LogP contribution is 2.33. The molecule has 1 aromatic heterocycles. The van der Waals surface area contributed by atoms with Gasteiger partial charge >= 0.3 is 0 Å². The van der Waals surface area contributed by atoms with Crippen molar-refractivity contribution in [1.29, 1.82) is 0 Å². The maximum atomic E-state index is 14.7. The third-order valence-electron chi connectivity index (χ3n) is 12.0. The van der Waals surface area contributed by atoms with Gasteiger partial charge in [0.2, 0.25) is 23.5 Å².